The molecule has 0 unspecified atom stereocenters. The molecule has 10 heavy (non-hydrogen) atoms. The molecule has 56 valence electrons. The number of hydrogen-bond donors (Lipinski definition) is 0. The summed E-state index contributed by atoms with van der Waals surface area (Å²) in [6, 6.07) is 0. The molecule has 0 atom stereocenters. The molecule has 0 saturated carbocycles. The van der Waals surface area contributed by atoms with Crippen molar-refractivity contribution in [2.45, 2.75) is 33.6 Å². The molecule has 0 bridgehead atoms. The second-order valence-electron chi connectivity index (χ2n) is 3.66. The summed E-state index contributed by atoms with van der Waals surface area (Å²) in [6.07, 6.45) is 5.83. The first kappa shape index (κ1) is 9.23. The molecule has 0 radical (unpaired) electrons. The second-order valence-corrected chi connectivity index (χ2v) is 3.66. The lowest BCUT2D eigenvalue weighted by Gasteiger charge is -2.15. The van der Waals surface area contributed by atoms with E-state index in [2.05, 4.69) is 5.92 Å². The van der Waals surface area contributed by atoms with Gasteiger partial charge in [-0.25, -0.2) is 0 Å². The first-order valence-corrected chi connectivity index (χ1v) is 3.41. The molecule has 0 rings (SSSR count). The Balaban J connectivity index is 3.72. The zero-order chi connectivity index (χ0) is 8.20. The molecule has 0 spiro atoms. The lowest BCUT2D eigenvalue weighted by atomic mass is 9.89. The SMILES string of the molecule is C#CCC(=O)CC(C)(C)C. The average molecular weight is 138 g/mol. The van der Waals surface area contributed by atoms with Crippen LogP contribution in [-0.2, 0) is 4.79 Å². The average Bonchev–Trinajstić information content (AvgIpc) is 1.59. The molecule has 0 fully saturated rings. The van der Waals surface area contributed by atoms with Gasteiger partial charge >= 0.3 is 0 Å². The first-order valence-electron chi connectivity index (χ1n) is 3.41. The van der Waals surface area contributed by atoms with Gasteiger partial charge in [-0.1, -0.05) is 26.7 Å². The topological polar surface area (TPSA) is 17.1 Å². The van der Waals surface area contributed by atoms with E-state index in [0.717, 1.165) is 0 Å². The summed E-state index contributed by atoms with van der Waals surface area (Å²) in [5, 5.41) is 0. The van der Waals surface area contributed by atoms with E-state index in [1.54, 1.807) is 0 Å². The summed E-state index contributed by atoms with van der Waals surface area (Å²) < 4.78 is 0. The quantitative estimate of drug-likeness (QED) is 0.533. The van der Waals surface area contributed by atoms with E-state index in [9.17, 15) is 4.79 Å². The minimum atomic E-state index is 0.0773. The van der Waals surface area contributed by atoms with Gasteiger partial charge in [-0.15, -0.1) is 6.42 Å². The van der Waals surface area contributed by atoms with Gasteiger partial charge in [-0.2, -0.15) is 0 Å². The lowest BCUT2D eigenvalue weighted by molar-refractivity contribution is -0.119. The van der Waals surface area contributed by atoms with Crippen LogP contribution in [0, 0.1) is 17.8 Å². The molecular formula is C9H14O. The fourth-order valence-electron chi connectivity index (χ4n) is 0.768. The number of rotatable bonds is 2. The first-order chi connectivity index (χ1) is 4.45. The number of carbonyl (C=O) groups is 1. The highest BCUT2D eigenvalue weighted by atomic mass is 16.1. The van der Waals surface area contributed by atoms with Crippen molar-refractivity contribution in [1.29, 1.82) is 0 Å². The fourth-order valence-corrected chi connectivity index (χ4v) is 0.768. The monoisotopic (exact) mass is 138 g/mol. The zero-order valence-corrected chi connectivity index (χ0v) is 6.90. The van der Waals surface area contributed by atoms with Crippen molar-refractivity contribution in [3.63, 3.8) is 0 Å². The van der Waals surface area contributed by atoms with Crippen molar-refractivity contribution < 1.29 is 4.79 Å². The maximum Gasteiger partial charge on any atom is 0.145 e. The van der Waals surface area contributed by atoms with Gasteiger partial charge in [0.2, 0.25) is 0 Å². The molecule has 1 heteroatoms. The van der Waals surface area contributed by atoms with Gasteiger partial charge in [-0.05, 0) is 5.41 Å². The largest absolute Gasteiger partial charge is 0.299 e. The molecule has 0 aliphatic heterocycles. The van der Waals surface area contributed by atoms with E-state index in [-0.39, 0.29) is 17.6 Å². The second kappa shape index (κ2) is 3.41. The molecule has 1 nitrogen and oxygen atoms in total. The minimum Gasteiger partial charge on any atom is -0.299 e. The van der Waals surface area contributed by atoms with Crippen LogP contribution in [0.15, 0.2) is 0 Å². The van der Waals surface area contributed by atoms with Crippen LogP contribution in [0.1, 0.15) is 33.6 Å². The van der Waals surface area contributed by atoms with Crippen molar-refractivity contribution in [2.24, 2.45) is 5.41 Å². The summed E-state index contributed by atoms with van der Waals surface area (Å²) in [7, 11) is 0. The Morgan fingerprint density at radius 1 is 1.50 bits per heavy atom. The summed E-state index contributed by atoms with van der Waals surface area (Å²) in [6.45, 7) is 6.09. The molecule has 0 aliphatic carbocycles. The molecule has 0 N–H and O–H groups in total. The standard InChI is InChI=1S/C9H14O/c1-5-6-8(10)7-9(2,3)4/h1H,6-7H2,2-4H3. The smallest absolute Gasteiger partial charge is 0.145 e. The van der Waals surface area contributed by atoms with Gasteiger partial charge in [0.15, 0.2) is 0 Å². The predicted molar refractivity (Wildman–Crippen MR) is 42.5 cm³/mol. The normalized spacial score (nSPS) is 10.6. The van der Waals surface area contributed by atoms with Crippen LogP contribution in [-0.4, -0.2) is 5.78 Å². The highest BCUT2D eigenvalue weighted by Gasteiger charge is 2.14. The Morgan fingerprint density at radius 2 is 2.00 bits per heavy atom. The van der Waals surface area contributed by atoms with Gasteiger partial charge in [-0.3, -0.25) is 4.79 Å². The third-order valence-electron chi connectivity index (χ3n) is 1.03. The molecule has 0 aromatic rings. The number of terminal acetylenes is 1. The van der Waals surface area contributed by atoms with Gasteiger partial charge < -0.3 is 0 Å². The Labute approximate surface area is 62.8 Å². The number of carbonyl (C=O) groups excluding carboxylic acids is 1. The van der Waals surface area contributed by atoms with Crippen LogP contribution in [0.4, 0.5) is 0 Å². The zero-order valence-electron chi connectivity index (χ0n) is 6.90. The maximum atomic E-state index is 10.9. The van der Waals surface area contributed by atoms with Crippen molar-refractivity contribution in [3.05, 3.63) is 0 Å². The Kier molecular flexibility index (Phi) is 3.15. The Hall–Kier alpha value is -0.770. The lowest BCUT2D eigenvalue weighted by Crippen LogP contribution is -2.11. The highest BCUT2D eigenvalue weighted by molar-refractivity contribution is 5.81. The predicted octanol–water partition coefficient (Wildman–Crippen LogP) is 2.02. The van der Waals surface area contributed by atoms with Crippen LogP contribution in [0.5, 0.6) is 0 Å². The van der Waals surface area contributed by atoms with Gasteiger partial charge in [0.05, 0.1) is 6.42 Å². The summed E-state index contributed by atoms with van der Waals surface area (Å²) in [5.41, 5.74) is 0.0773. The molecular weight excluding hydrogens is 124 g/mol. The van der Waals surface area contributed by atoms with Crippen molar-refractivity contribution >= 4 is 5.78 Å². The Morgan fingerprint density at radius 3 is 2.30 bits per heavy atom. The number of Topliss-reactive ketones (excluding diaryl/α,β-unsaturated/α-hetero) is 1. The van der Waals surface area contributed by atoms with E-state index < -0.39 is 0 Å². The van der Waals surface area contributed by atoms with E-state index in [1.165, 1.54) is 0 Å². The highest BCUT2D eigenvalue weighted by Crippen LogP contribution is 2.19. The number of hydrogen-bond acceptors (Lipinski definition) is 1. The third-order valence-corrected chi connectivity index (χ3v) is 1.03. The van der Waals surface area contributed by atoms with Gasteiger partial charge in [0, 0.05) is 6.42 Å². The van der Waals surface area contributed by atoms with Crippen molar-refractivity contribution in [2.75, 3.05) is 0 Å². The van der Waals surface area contributed by atoms with E-state index in [0.29, 0.717) is 6.42 Å². The number of ketones is 1. The molecule has 0 aliphatic rings. The van der Waals surface area contributed by atoms with Crippen LogP contribution in [0.25, 0.3) is 0 Å². The minimum absolute atomic E-state index is 0.0773. The molecule has 0 aromatic carbocycles. The molecule has 0 aromatic heterocycles. The molecule has 0 saturated heterocycles. The van der Waals surface area contributed by atoms with E-state index in [1.807, 2.05) is 20.8 Å². The van der Waals surface area contributed by atoms with E-state index >= 15 is 0 Å². The summed E-state index contributed by atoms with van der Waals surface area (Å²) >= 11 is 0. The van der Waals surface area contributed by atoms with Crippen LogP contribution < -0.4 is 0 Å². The summed E-state index contributed by atoms with van der Waals surface area (Å²) in [4.78, 5) is 10.9. The Bertz CT molecular complexity index is 155. The fraction of sp³-hybridized carbons (Fsp3) is 0.667. The van der Waals surface area contributed by atoms with E-state index in [4.69, 9.17) is 6.42 Å². The van der Waals surface area contributed by atoms with Crippen LogP contribution >= 0.6 is 0 Å². The third kappa shape index (κ3) is 5.37. The summed E-state index contributed by atoms with van der Waals surface area (Å²) in [5.74, 6) is 2.50. The van der Waals surface area contributed by atoms with Crippen molar-refractivity contribution in [3.8, 4) is 12.3 Å². The molecule has 0 amide bonds. The van der Waals surface area contributed by atoms with Crippen molar-refractivity contribution in [1.82, 2.24) is 0 Å². The van der Waals surface area contributed by atoms with Gasteiger partial charge in [0.1, 0.15) is 5.78 Å². The van der Waals surface area contributed by atoms with Crippen LogP contribution in [0.3, 0.4) is 0 Å². The van der Waals surface area contributed by atoms with Gasteiger partial charge in [0.25, 0.3) is 0 Å². The van der Waals surface area contributed by atoms with Crippen LogP contribution in [0.2, 0.25) is 0 Å². The molecule has 0 heterocycles. The maximum absolute atomic E-state index is 10.9.